The van der Waals surface area contributed by atoms with E-state index in [2.05, 4.69) is 15.5 Å². The number of aromatic amines is 1. The van der Waals surface area contributed by atoms with Crippen molar-refractivity contribution in [2.45, 2.75) is 24.5 Å². The number of nitriles is 1. The Morgan fingerprint density at radius 1 is 1.58 bits per heavy atom. The number of morpholine rings is 1. The maximum absolute atomic E-state index is 11.6. The van der Waals surface area contributed by atoms with Crippen molar-refractivity contribution < 1.29 is 9.53 Å². The lowest BCUT2D eigenvalue weighted by Crippen LogP contribution is -2.51. The van der Waals surface area contributed by atoms with Crippen molar-refractivity contribution in [3.63, 3.8) is 0 Å². The number of H-pyrrole nitrogens is 1. The lowest BCUT2D eigenvalue weighted by atomic mass is 9.84. The molecule has 1 spiro atoms. The van der Waals surface area contributed by atoms with Crippen molar-refractivity contribution in [1.82, 2.24) is 15.5 Å². The summed E-state index contributed by atoms with van der Waals surface area (Å²) in [6.45, 7) is 1.32. The number of nitrogens with one attached hydrogen (secondary N) is 2. The zero-order valence-corrected chi connectivity index (χ0v) is 10.3. The second-order valence-electron chi connectivity index (χ2n) is 4.93. The van der Waals surface area contributed by atoms with E-state index >= 15 is 0 Å². The highest BCUT2D eigenvalue weighted by Gasteiger charge is 2.40. The van der Waals surface area contributed by atoms with Crippen molar-refractivity contribution >= 4 is 5.78 Å². The van der Waals surface area contributed by atoms with Gasteiger partial charge in [0.25, 0.3) is 0 Å². The number of nitrogens with zero attached hydrogens (tertiary/aromatic N) is 2. The number of rotatable bonds is 1. The van der Waals surface area contributed by atoms with Crippen LogP contribution in [0.5, 0.6) is 0 Å². The molecule has 0 radical (unpaired) electrons. The Morgan fingerprint density at radius 3 is 3.21 bits per heavy atom. The maximum atomic E-state index is 11.6. The first-order chi connectivity index (χ1) is 9.22. The molecule has 6 nitrogen and oxygen atoms in total. The van der Waals surface area contributed by atoms with Gasteiger partial charge in [0.05, 0.1) is 17.9 Å². The van der Waals surface area contributed by atoms with E-state index in [1.165, 1.54) is 0 Å². The second-order valence-corrected chi connectivity index (χ2v) is 4.93. The van der Waals surface area contributed by atoms with E-state index in [9.17, 15) is 4.79 Å². The molecule has 1 aromatic heterocycles. The zero-order chi connectivity index (χ0) is 13.3. The van der Waals surface area contributed by atoms with Gasteiger partial charge in [-0.3, -0.25) is 9.89 Å². The van der Waals surface area contributed by atoms with Gasteiger partial charge in [0.2, 0.25) is 0 Å². The van der Waals surface area contributed by atoms with Crippen LogP contribution in [-0.4, -0.2) is 34.7 Å². The Labute approximate surface area is 110 Å². The Kier molecular flexibility index (Phi) is 2.93. The molecule has 1 fully saturated rings. The number of Topliss-reactive ketones (excluding diaryl/α,β-unsaturated/α-hetero) is 1. The molecule has 98 valence electrons. The lowest BCUT2D eigenvalue weighted by Gasteiger charge is -2.41. The van der Waals surface area contributed by atoms with Gasteiger partial charge in [-0.15, -0.1) is 0 Å². The van der Waals surface area contributed by atoms with Gasteiger partial charge < -0.3 is 10.1 Å². The summed E-state index contributed by atoms with van der Waals surface area (Å²) in [4.78, 5) is 11.6. The molecule has 2 heterocycles. The molecular weight excluding hydrogens is 244 g/mol. The van der Waals surface area contributed by atoms with Gasteiger partial charge in [-0.2, -0.15) is 10.4 Å². The highest BCUT2D eigenvalue weighted by molar-refractivity contribution is 6.00. The monoisotopic (exact) mass is 258 g/mol. The number of aromatic nitrogens is 2. The number of hydrogen-bond donors (Lipinski definition) is 2. The van der Waals surface area contributed by atoms with Crippen LogP contribution in [0.1, 0.15) is 24.5 Å². The molecule has 3 rings (SSSR count). The van der Waals surface area contributed by atoms with Crippen molar-refractivity contribution in [3.05, 3.63) is 29.6 Å². The van der Waals surface area contributed by atoms with E-state index < -0.39 is 5.60 Å². The van der Waals surface area contributed by atoms with Crippen LogP contribution in [0.2, 0.25) is 0 Å². The van der Waals surface area contributed by atoms with Crippen molar-refractivity contribution in [1.29, 1.82) is 5.26 Å². The molecule has 0 amide bonds. The summed E-state index contributed by atoms with van der Waals surface area (Å²) < 4.78 is 6.14. The molecule has 2 N–H and O–H groups in total. The summed E-state index contributed by atoms with van der Waals surface area (Å²) in [6, 6.07) is 1.96. The predicted octanol–water partition coefficient (Wildman–Crippen LogP) is 0.622. The van der Waals surface area contributed by atoms with Gasteiger partial charge in [-0.1, -0.05) is 0 Å². The molecular formula is C13H14N4O2. The lowest BCUT2D eigenvalue weighted by molar-refractivity contribution is -0.123. The molecule has 1 aromatic rings. The standard InChI is InChI=1S/C13H14N4O2/c14-4-9-3-13(2-1-11(9)18)8-15-7-12(19-13)10-5-16-17-6-10/h3,5-6,12,15H,1-2,7-8H2,(H,16,17). The van der Waals surface area contributed by atoms with E-state index in [1.807, 2.05) is 6.07 Å². The third-order valence-corrected chi connectivity index (χ3v) is 3.63. The number of ketones is 1. The minimum Gasteiger partial charge on any atom is -0.360 e. The van der Waals surface area contributed by atoms with Crippen LogP contribution in [0, 0.1) is 11.3 Å². The maximum Gasteiger partial charge on any atom is 0.173 e. The van der Waals surface area contributed by atoms with Gasteiger partial charge in [0, 0.05) is 31.3 Å². The number of allylic oxidation sites excluding steroid dienone is 1. The Balaban J connectivity index is 1.87. The average Bonchev–Trinajstić information content (AvgIpc) is 2.96. The van der Waals surface area contributed by atoms with Gasteiger partial charge in [0.1, 0.15) is 11.7 Å². The Hall–Kier alpha value is -1.97. The van der Waals surface area contributed by atoms with Crippen LogP contribution in [0.25, 0.3) is 0 Å². The van der Waals surface area contributed by atoms with Crippen LogP contribution < -0.4 is 5.32 Å². The minimum atomic E-state index is -0.556. The summed E-state index contributed by atoms with van der Waals surface area (Å²) in [7, 11) is 0. The molecule has 6 heteroatoms. The fraction of sp³-hybridized carbons (Fsp3) is 0.462. The Bertz CT molecular complexity index is 558. The predicted molar refractivity (Wildman–Crippen MR) is 66.0 cm³/mol. The smallest absolute Gasteiger partial charge is 0.173 e. The van der Waals surface area contributed by atoms with E-state index in [4.69, 9.17) is 10.00 Å². The third-order valence-electron chi connectivity index (χ3n) is 3.63. The summed E-state index contributed by atoms with van der Waals surface area (Å²) >= 11 is 0. The van der Waals surface area contributed by atoms with E-state index in [0.717, 1.165) is 5.56 Å². The first-order valence-electron chi connectivity index (χ1n) is 6.26. The van der Waals surface area contributed by atoms with E-state index in [-0.39, 0.29) is 17.5 Å². The molecule has 19 heavy (non-hydrogen) atoms. The van der Waals surface area contributed by atoms with Crippen LogP contribution in [0.3, 0.4) is 0 Å². The second kappa shape index (κ2) is 4.61. The fourth-order valence-corrected chi connectivity index (χ4v) is 2.61. The number of ether oxygens (including phenoxy) is 1. The number of carbonyl (C=O) groups is 1. The molecule has 1 aliphatic carbocycles. The van der Waals surface area contributed by atoms with Crippen LogP contribution in [0.4, 0.5) is 0 Å². The summed E-state index contributed by atoms with van der Waals surface area (Å²) in [6.07, 6.45) is 6.06. The van der Waals surface area contributed by atoms with E-state index in [1.54, 1.807) is 18.5 Å². The average molecular weight is 258 g/mol. The summed E-state index contributed by atoms with van der Waals surface area (Å²) in [5, 5.41) is 19.0. The molecule has 2 aliphatic rings. The topological polar surface area (TPSA) is 90.8 Å². The Morgan fingerprint density at radius 2 is 2.47 bits per heavy atom. The van der Waals surface area contributed by atoms with Crippen LogP contribution >= 0.6 is 0 Å². The highest BCUT2D eigenvalue weighted by Crippen LogP contribution is 2.35. The fourth-order valence-electron chi connectivity index (χ4n) is 2.61. The molecule has 0 saturated carbocycles. The molecule has 2 unspecified atom stereocenters. The third kappa shape index (κ3) is 2.18. The summed E-state index contributed by atoms with van der Waals surface area (Å²) in [5.74, 6) is -0.0952. The van der Waals surface area contributed by atoms with Crippen molar-refractivity contribution in [3.8, 4) is 6.07 Å². The minimum absolute atomic E-state index is 0.0952. The van der Waals surface area contributed by atoms with Gasteiger partial charge >= 0.3 is 0 Å². The highest BCUT2D eigenvalue weighted by atomic mass is 16.5. The number of hydrogen-bond acceptors (Lipinski definition) is 5. The SMILES string of the molecule is N#CC1=CC2(CCC1=O)CNCC(c1cn[nH]c1)O2. The van der Waals surface area contributed by atoms with Crippen molar-refractivity contribution in [2.75, 3.05) is 13.1 Å². The normalized spacial score (nSPS) is 31.0. The van der Waals surface area contributed by atoms with Crippen LogP contribution in [-0.2, 0) is 9.53 Å². The molecule has 1 saturated heterocycles. The quantitative estimate of drug-likeness (QED) is 0.770. The molecule has 1 aliphatic heterocycles. The molecule has 0 aromatic carbocycles. The first kappa shape index (κ1) is 12.1. The van der Waals surface area contributed by atoms with Crippen LogP contribution in [0.15, 0.2) is 24.0 Å². The largest absolute Gasteiger partial charge is 0.360 e. The molecule has 2 atom stereocenters. The zero-order valence-electron chi connectivity index (χ0n) is 10.3. The summed E-state index contributed by atoms with van der Waals surface area (Å²) in [5.41, 5.74) is 0.621. The van der Waals surface area contributed by atoms with E-state index in [0.29, 0.717) is 25.9 Å². The van der Waals surface area contributed by atoms with Gasteiger partial charge in [0.15, 0.2) is 5.78 Å². The molecule has 0 bridgehead atoms. The first-order valence-corrected chi connectivity index (χ1v) is 6.26. The number of carbonyl (C=O) groups excluding carboxylic acids is 1. The van der Waals surface area contributed by atoms with Crippen molar-refractivity contribution in [2.24, 2.45) is 0 Å². The van der Waals surface area contributed by atoms with Gasteiger partial charge in [-0.05, 0) is 12.5 Å². The van der Waals surface area contributed by atoms with Gasteiger partial charge in [-0.25, -0.2) is 0 Å².